The van der Waals surface area contributed by atoms with E-state index in [0.29, 0.717) is 28.4 Å². The Morgan fingerprint density at radius 1 is 1.26 bits per heavy atom. The van der Waals surface area contributed by atoms with Gasteiger partial charge in [-0.15, -0.1) is 0 Å². The van der Waals surface area contributed by atoms with Crippen molar-refractivity contribution < 1.29 is 9.59 Å². The van der Waals surface area contributed by atoms with Crippen LogP contribution in [0.4, 0.5) is 16.4 Å². The minimum atomic E-state index is -0.536. The number of carbonyl (C=O) groups is 2. The molecule has 0 bridgehead atoms. The van der Waals surface area contributed by atoms with Gasteiger partial charge in [0.15, 0.2) is 5.69 Å². The molecular weight excluding hydrogens is 414 g/mol. The molecule has 0 spiro atoms. The van der Waals surface area contributed by atoms with Crippen LogP contribution in [0.2, 0.25) is 0 Å². The van der Waals surface area contributed by atoms with Gasteiger partial charge in [-0.05, 0) is 31.0 Å². The number of pyridine rings is 1. The van der Waals surface area contributed by atoms with Gasteiger partial charge in [0, 0.05) is 36.5 Å². The van der Waals surface area contributed by atoms with Crippen LogP contribution in [0.15, 0.2) is 42.7 Å². The van der Waals surface area contributed by atoms with Gasteiger partial charge in [-0.25, -0.2) is 4.98 Å². The van der Waals surface area contributed by atoms with E-state index < -0.39 is 11.8 Å². The number of nitrogens with two attached hydrogens (primary N) is 3. The third-order valence-corrected chi connectivity index (χ3v) is 6.04. The number of nitrogen functional groups attached to an aromatic ring is 1. The van der Waals surface area contributed by atoms with Gasteiger partial charge >= 0.3 is 0 Å². The first-order valence-electron chi connectivity index (χ1n) is 9.85. The fourth-order valence-electron chi connectivity index (χ4n) is 3.59. The van der Waals surface area contributed by atoms with Gasteiger partial charge in [0.25, 0.3) is 5.91 Å². The molecule has 1 aliphatic rings. The zero-order valence-corrected chi connectivity index (χ0v) is 17.6. The van der Waals surface area contributed by atoms with Gasteiger partial charge in [0.05, 0.1) is 17.6 Å². The average molecular weight is 438 g/mol. The number of primary amides is 1. The first-order valence-corrected chi connectivity index (χ1v) is 10.7. The van der Waals surface area contributed by atoms with E-state index in [2.05, 4.69) is 20.2 Å². The number of anilines is 3. The number of amides is 2. The molecule has 2 aromatic heterocycles. The Labute approximate surface area is 183 Å². The van der Waals surface area contributed by atoms with Crippen molar-refractivity contribution in [3.05, 3.63) is 54.0 Å². The van der Waals surface area contributed by atoms with Gasteiger partial charge in [-0.2, -0.15) is 0 Å². The Bertz CT molecular complexity index is 1130. The summed E-state index contributed by atoms with van der Waals surface area (Å²) in [5.41, 5.74) is 20.1. The lowest BCUT2D eigenvalue weighted by Crippen LogP contribution is -2.43. The molecule has 10 heteroatoms. The molecule has 1 aliphatic heterocycles. The lowest BCUT2D eigenvalue weighted by atomic mass is 10.1. The van der Waals surface area contributed by atoms with Crippen molar-refractivity contribution in [3.63, 3.8) is 0 Å². The zero-order valence-electron chi connectivity index (χ0n) is 16.7. The maximum absolute atomic E-state index is 13.0. The van der Waals surface area contributed by atoms with E-state index in [1.165, 1.54) is 11.3 Å². The molecule has 1 aromatic carbocycles. The Balaban J connectivity index is 1.58. The van der Waals surface area contributed by atoms with Crippen LogP contribution in [0, 0.1) is 0 Å². The predicted octanol–water partition coefficient (Wildman–Crippen LogP) is 2.07. The lowest BCUT2D eigenvalue weighted by Gasteiger charge is -2.33. The first-order chi connectivity index (χ1) is 14.9. The van der Waals surface area contributed by atoms with E-state index in [-0.39, 0.29) is 16.7 Å². The standard InChI is InChI=1S/C21H23N7O2S/c22-14-5-2-8-28(11-14)16-6-7-25-10-15(16)26-20(30)17-19(24)31-21(27-17)13-4-1-3-12(9-13)18(23)29/h1,3-4,6-7,9-10,14H,2,5,8,11,22,24H2,(H2,23,29)(H,26,30)/t14-/m0/s1. The van der Waals surface area contributed by atoms with E-state index in [4.69, 9.17) is 17.2 Å². The minimum absolute atomic E-state index is 0.0957. The molecule has 1 atom stereocenters. The molecule has 3 aromatic rings. The van der Waals surface area contributed by atoms with Crippen LogP contribution in [0.1, 0.15) is 33.7 Å². The number of benzene rings is 1. The fraction of sp³-hybridized carbons (Fsp3) is 0.238. The molecule has 3 heterocycles. The quantitative estimate of drug-likeness (QED) is 0.476. The smallest absolute Gasteiger partial charge is 0.277 e. The van der Waals surface area contributed by atoms with Gasteiger partial charge in [0.2, 0.25) is 5.91 Å². The number of thiazole rings is 1. The van der Waals surface area contributed by atoms with Crippen molar-refractivity contribution in [2.45, 2.75) is 18.9 Å². The summed E-state index contributed by atoms with van der Waals surface area (Å²) >= 11 is 1.17. The number of nitrogens with zero attached hydrogens (tertiary/aromatic N) is 3. The van der Waals surface area contributed by atoms with Crippen LogP contribution < -0.4 is 27.4 Å². The second-order valence-electron chi connectivity index (χ2n) is 7.37. The van der Waals surface area contributed by atoms with Gasteiger partial charge in [0.1, 0.15) is 10.0 Å². The zero-order chi connectivity index (χ0) is 22.0. The average Bonchev–Trinajstić information content (AvgIpc) is 3.16. The van der Waals surface area contributed by atoms with Crippen molar-refractivity contribution in [3.8, 4) is 10.6 Å². The van der Waals surface area contributed by atoms with Crippen molar-refractivity contribution in [1.29, 1.82) is 0 Å². The molecule has 31 heavy (non-hydrogen) atoms. The van der Waals surface area contributed by atoms with E-state index >= 15 is 0 Å². The summed E-state index contributed by atoms with van der Waals surface area (Å²) in [5, 5.41) is 3.69. The maximum atomic E-state index is 13.0. The summed E-state index contributed by atoms with van der Waals surface area (Å²) in [5.74, 6) is -0.965. The SMILES string of the molecule is NC(=O)c1cccc(-c2nc(C(=O)Nc3cnccc3N3CCC[C@H](N)C3)c(N)s2)c1. The van der Waals surface area contributed by atoms with Crippen LogP contribution >= 0.6 is 11.3 Å². The lowest BCUT2D eigenvalue weighted by molar-refractivity contribution is 0.0997. The number of piperidine rings is 1. The van der Waals surface area contributed by atoms with Gasteiger partial charge in [-0.1, -0.05) is 23.5 Å². The molecule has 1 fully saturated rings. The molecule has 7 N–H and O–H groups in total. The monoisotopic (exact) mass is 437 g/mol. The highest BCUT2D eigenvalue weighted by Crippen LogP contribution is 2.32. The molecule has 4 rings (SSSR count). The highest BCUT2D eigenvalue weighted by molar-refractivity contribution is 7.19. The predicted molar refractivity (Wildman–Crippen MR) is 122 cm³/mol. The third kappa shape index (κ3) is 4.49. The Morgan fingerprint density at radius 3 is 2.87 bits per heavy atom. The van der Waals surface area contributed by atoms with Crippen LogP contribution in [-0.4, -0.2) is 40.9 Å². The van der Waals surface area contributed by atoms with Crippen LogP contribution in [0.5, 0.6) is 0 Å². The summed E-state index contributed by atoms with van der Waals surface area (Å²) in [6, 6.07) is 8.69. The highest BCUT2D eigenvalue weighted by atomic mass is 32.1. The van der Waals surface area contributed by atoms with E-state index in [1.807, 2.05) is 6.07 Å². The van der Waals surface area contributed by atoms with Crippen LogP contribution in [-0.2, 0) is 0 Å². The topological polar surface area (TPSA) is 153 Å². The number of hydrogen-bond acceptors (Lipinski definition) is 8. The number of carbonyl (C=O) groups excluding carboxylic acids is 2. The number of nitrogens with one attached hydrogen (secondary N) is 1. The molecule has 2 amide bonds. The van der Waals surface area contributed by atoms with E-state index in [1.54, 1.807) is 36.7 Å². The molecular formula is C21H23N7O2S. The summed E-state index contributed by atoms with van der Waals surface area (Å²) in [7, 11) is 0. The third-order valence-electron chi connectivity index (χ3n) is 5.11. The molecule has 0 aliphatic carbocycles. The highest BCUT2D eigenvalue weighted by Gasteiger charge is 2.22. The number of rotatable bonds is 5. The first kappa shape index (κ1) is 20.8. The van der Waals surface area contributed by atoms with Crippen LogP contribution in [0.25, 0.3) is 10.6 Å². The molecule has 160 valence electrons. The number of aromatic nitrogens is 2. The summed E-state index contributed by atoms with van der Waals surface area (Å²) in [4.78, 5) is 35.1. The molecule has 0 radical (unpaired) electrons. The Kier molecular flexibility index (Phi) is 5.83. The van der Waals surface area contributed by atoms with Crippen molar-refractivity contribution in [1.82, 2.24) is 9.97 Å². The van der Waals surface area contributed by atoms with Crippen molar-refractivity contribution in [2.75, 3.05) is 29.0 Å². The minimum Gasteiger partial charge on any atom is -0.389 e. The normalized spacial score (nSPS) is 16.2. The van der Waals surface area contributed by atoms with E-state index in [9.17, 15) is 9.59 Å². The maximum Gasteiger partial charge on any atom is 0.277 e. The molecule has 1 saturated heterocycles. The second kappa shape index (κ2) is 8.70. The van der Waals surface area contributed by atoms with Crippen molar-refractivity contribution in [2.24, 2.45) is 11.5 Å². The molecule has 0 unspecified atom stereocenters. The Hall–Kier alpha value is -3.50. The summed E-state index contributed by atoms with van der Waals surface area (Å²) < 4.78 is 0. The van der Waals surface area contributed by atoms with Gasteiger partial charge < -0.3 is 27.4 Å². The summed E-state index contributed by atoms with van der Waals surface area (Å²) in [6.45, 7) is 1.58. The largest absolute Gasteiger partial charge is 0.389 e. The van der Waals surface area contributed by atoms with Gasteiger partial charge in [-0.3, -0.25) is 14.6 Å². The Morgan fingerprint density at radius 2 is 2.10 bits per heavy atom. The van der Waals surface area contributed by atoms with E-state index in [0.717, 1.165) is 25.1 Å². The summed E-state index contributed by atoms with van der Waals surface area (Å²) in [6.07, 6.45) is 5.27. The molecule has 9 nitrogen and oxygen atoms in total. The molecule has 0 saturated carbocycles. The fourth-order valence-corrected chi connectivity index (χ4v) is 4.42. The second-order valence-corrected chi connectivity index (χ2v) is 8.40. The van der Waals surface area contributed by atoms with Crippen LogP contribution in [0.3, 0.4) is 0 Å². The number of hydrogen-bond donors (Lipinski definition) is 4. The van der Waals surface area contributed by atoms with Crippen molar-refractivity contribution >= 4 is 39.5 Å².